The summed E-state index contributed by atoms with van der Waals surface area (Å²) in [5, 5.41) is 3.24. The monoisotopic (exact) mass is 352 g/mol. The highest BCUT2D eigenvalue weighted by Crippen LogP contribution is 2.25. The normalized spacial score (nSPS) is 18.8. The maximum Gasteiger partial charge on any atom is 0.403 e. The van der Waals surface area contributed by atoms with Gasteiger partial charge >= 0.3 is 6.18 Å². The molecule has 8 heteroatoms. The van der Waals surface area contributed by atoms with E-state index in [0.717, 1.165) is 44.9 Å². The van der Waals surface area contributed by atoms with Crippen molar-refractivity contribution in [1.82, 2.24) is 15.1 Å². The Hall–Kier alpha value is -1.02. The van der Waals surface area contributed by atoms with E-state index in [1.54, 1.807) is 7.11 Å². The Morgan fingerprint density at radius 2 is 1.83 bits per heavy atom. The van der Waals surface area contributed by atoms with E-state index in [1.165, 1.54) is 11.8 Å². The molecule has 0 aromatic heterocycles. The van der Waals surface area contributed by atoms with E-state index in [1.807, 2.05) is 6.92 Å². The number of alkyl halides is 3. The van der Waals surface area contributed by atoms with Crippen molar-refractivity contribution < 1.29 is 17.9 Å². The van der Waals surface area contributed by atoms with Crippen LogP contribution in [0.15, 0.2) is 4.99 Å². The van der Waals surface area contributed by atoms with Crippen LogP contribution in [0.25, 0.3) is 0 Å². The van der Waals surface area contributed by atoms with Crippen LogP contribution in [0.1, 0.15) is 33.1 Å². The van der Waals surface area contributed by atoms with Crippen LogP contribution in [-0.4, -0.2) is 81.0 Å². The number of aliphatic imine (C=N–C) groups is 1. The standard InChI is InChI=1S/C16H31F3N4O/c1-4-20-15(21-8-6-5-7-13-24-3)23-11-9-22(10-12-23)14(2)16(17,18)19/h14H,4-13H2,1-3H3,(H,20,21). The lowest BCUT2D eigenvalue weighted by atomic mass is 10.2. The smallest absolute Gasteiger partial charge is 0.385 e. The number of hydrogen-bond donors (Lipinski definition) is 1. The van der Waals surface area contributed by atoms with Gasteiger partial charge < -0.3 is 15.0 Å². The SMILES string of the molecule is CCNC(=NCCCCCOC)N1CCN(C(C)C(F)(F)F)CC1. The molecule has 0 saturated carbocycles. The van der Waals surface area contributed by atoms with Crippen LogP contribution in [-0.2, 0) is 4.74 Å². The third-order valence-electron chi connectivity index (χ3n) is 4.24. The zero-order chi connectivity index (χ0) is 18.0. The van der Waals surface area contributed by atoms with Crippen LogP contribution >= 0.6 is 0 Å². The van der Waals surface area contributed by atoms with Gasteiger partial charge in [-0.05, 0) is 33.1 Å². The van der Waals surface area contributed by atoms with Crippen molar-refractivity contribution in [2.45, 2.75) is 45.3 Å². The van der Waals surface area contributed by atoms with E-state index in [2.05, 4.69) is 15.2 Å². The summed E-state index contributed by atoms with van der Waals surface area (Å²) >= 11 is 0. The van der Waals surface area contributed by atoms with E-state index in [0.29, 0.717) is 26.2 Å². The molecule has 0 amide bonds. The lowest BCUT2D eigenvalue weighted by Gasteiger charge is -2.39. The summed E-state index contributed by atoms with van der Waals surface area (Å²) in [5.41, 5.74) is 0. The minimum Gasteiger partial charge on any atom is -0.385 e. The van der Waals surface area contributed by atoms with E-state index in [4.69, 9.17) is 4.74 Å². The predicted octanol–water partition coefficient (Wildman–Crippen LogP) is 2.34. The Kier molecular flexibility index (Phi) is 9.43. The summed E-state index contributed by atoms with van der Waals surface area (Å²) in [6.45, 7) is 7.41. The Morgan fingerprint density at radius 3 is 2.38 bits per heavy atom. The molecule has 1 fully saturated rings. The minimum atomic E-state index is -4.16. The first kappa shape index (κ1) is 21.0. The van der Waals surface area contributed by atoms with E-state index in [-0.39, 0.29) is 0 Å². The first-order valence-corrected chi connectivity index (χ1v) is 8.73. The van der Waals surface area contributed by atoms with Gasteiger partial charge in [-0.25, -0.2) is 0 Å². The van der Waals surface area contributed by atoms with E-state index < -0.39 is 12.2 Å². The van der Waals surface area contributed by atoms with Crippen molar-refractivity contribution >= 4 is 5.96 Å². The molecule has 1 atom stereocenters. The molecule has 1 heterocycles. The predicted molar refractivity (Wildman–Crippen MR) is 90.4 cm³/mol. The highest BCUT2D eigenvalue weighted by Gasteiger charge is 2.41. The molecule has 5 nitrogen and oxygen atoms in total. The fourth-order valence-corrected chi connectivity index (χ4v) is 2.67. The first-order chi connectivity index (χ1) is 11.4. The quantitative estimate of drug-likeness (QED) is 0.414. The van der Waals surface area contributed by atoms with Crippen LogP contribution in [0, 0.1) is 0 Å². The van der Waals surface area contributed by atoms with E-state index in [9.17, 15) is 13.2 Å². The van der Waals surface area contributed by atoms with Crippen molar-refractivity contribution in [3.63, 3.8) is 0 Å². The largest absolute Gasteiger partial charge is 0.403 e. The van der Waals surface area contributed by atoms with Crippen molar-refractivity contribution in [3.8, 4) is 0 Å². The zero-order valence-corrected chi connectivity index (χ0v) is 15.0. The van der Waals surface area contributed by atoms with Gasteiger partial charge in [-0.1, -0.05) is 0 Å². The van der Waals surface area contributed by atoms with Crippen molar-refractivity contribution in [1.29, 1.82) is 0 Å². The van der Waals surface area contributed by atoms with Gasteiger partial charge in [0, 0.05) is 53.0 Å². The molecule has 1 N–H and O–H groups in total. The third kappa shape index (κ3) is 7.25. The molecule has 24 heavy (non-hydrogen) atoms. The van der Waals surface area contributed by atoms with Crippen LogP contribution in [0.5, 0.6) is 0 Å². The molecule has 1 aliphatic heterocycles. The summed E-state index contributed by atoms with van der Waals surface area (Å²) in [6, 6.07) is -1.39. The topological polar surface area (TPSA) is 40.1 Å². The highest BCUT2D eigenvalue weighted by atomic mass is 19.4. The summed E-state index contributed by atoms with van der Waals surface area (Å²) in [6.07, 6.45) is -1.09. The van der Waals surface area contributed by atoms with Crippen LogP contribution in [0.4, 0.5) is 13.2 Å². The number of guanidine groups is 1. The second-order valence-corrected chi connectivity index (χ2v) is 6.03. The number of nitrogens with one attached hydrogen (secondary N) is 1. The molecule has 0 spiro atoms. The van der Waals surface area contributed by atoms with Crippen LogP contribution < -0.4 is 5.32 Å². The molecule has 1 saturated heterocycles. The van der Waals surface area contributed by atoms with Crippen molar-refractivity contribution in [2.24, 2.45) is 4.99 Å². The molecule has 0 aliphatic carbocycles. The molecular formula is C16H31F3N4O. The Bertz CT molecular complexity index is 369. The van der Waals surface area contributed by atoms with Gasteiger partial charge in [0.15, 0.2) is 5.96 Å². The van der Waals surface area contributed by atoms with Gasteiger partial charge in [-0.2, -0.15) is 13.2 Å². The van der Waals surface area contributed by atoms with Gasteiger partial charge in [-0.15, -0.1) is 0 Å². The summed E-state index contributed by atoms with van der Waals surface area (Å²) in [7, 11) is 1.70. The fraction of sp³-hybridized carbons (Fsp3) is 0.938. The maximum absolute atomic E-state index is 12.8. The second kappa shape index (κ2) is 10.8. The van der Waals surface area contributed by atoms with Crippen molar-refractivity contribution in [3.05, 3.63) is 0 Å². The molecule has 1 aliphatic rings. The lowest BCUT2D eigenvalue weighted by Crippen LogP contribution is -2.56. The summed E-state index contributed by atoms with van der Waals surface area (Å²) in [4.78, 5) is 8.15. The fourth-order valence-electron chi connectivity index (χ4n) is 2.67. The highest BCUT2D eigenvalue weighted by molar-refractivity contribution is 5.80. The van der Waals surface area contributed by atoms with Crippen molar-refractivity contribution in [2.75, 3.05) is 53.0 Å². The summed E-state index contributed by atoms with van der Waals surface area (Å²) < 4.78 is 43.4. The maximum atomic E-state index is 12.8. The molecule has 0 aromatic carbocycles. The number of rotatable bonds is 8. The number of nitrogens with zero attached hydrogens (tertiary/aromatic N) is 3. The molecule has 0 aromatic rings. The Labute approximate surface area is 143 Å². The number of halogens is 3. The average molecular weight is 352 g/mol. The number of piperazine rings is 1. The molecule has 1 unspecified atom stereocenters. The molecule has 0 bridgehead atoms. The van der Waals surface area contributed by atoms with Crippen LogP contribution in [0.2, 0.25) is 0 Å². The number of hydrogen-bond acceptors (Lipinski definition) is 3. The number of unbranched alkanes of at least 4 members (excludes halogenated alkanes) is 2. The summed E-state index contributed by atoms with van der Waals surface area (Å²) in [5.74, 6) is 0.809. The number of ether oxygens (including phenoxy) is 1. The first-order valence-electron chi connectivity index (χ1n) is 8.73. The minimum absolute atomic E-state index is 0.402. The van der Waals surface area contributed by atoms with Crippen LogP contribution in [0.3, 0.4) is 0 Å². The zero-order valence-electron chi connectivity index (χ0n) is 15.0. The van der Waals surface area contributed by atoms with Gasteiger partial charge in [0.2, 0.25) is 0 Å². The lowest BCUT2D eigenvalue weighted by molar-refractivity contribution is -0.181. The number of methoxy groups -OCH3 is 1. The third-order valence-corrected chi connectivity index (χ3v) is 4.24. The molecule has 0 radical (unpaired) electrons. The van der Waals surface area contributed by atoms with Gasteiger partial charge in [0.25, 0.3) is 0 Å². The van der Waals surface area contributed by atoms with Gasteiger partial charge in [0.05, 0.1) is 0 Å². The molecular weight excluding hydrogens is 321 g/mol. The Morgan fingerprint density at radius 1 is 1.17 bits per heavy atom. The average Bonchev–Trinajstić information content (AvgIpc) is 2.55. The molecule has 142 valence electrons. The Balaban J connectivity index is 2.44. The van der Waals surface area contributed by atoms with Gasteiger partial charge in [-0.3, -0.25) is 9.89 Å². The second-order valence-electron chi connectivity index (χ2n) is 6.03. The van der Waals surface area contributed by atoms with E-state index >= 15 is 0 Å². The van der Waals surface area contributed by atoms with Gasteiger partial charge in [0.1, 0.15) is 6.04 Å². The molecule has 1 rings (SSSR count).